The van der Waals surface area contributed by atoms with Gasteiger partial charge in [-0.3, -0.25) is 4.40 Å². The Kier molecular flexibility index (Phi) is 3.00. The summed E-state index contributed by atoms with van der Waals surface area (Å²) in [6, 6.07) is 1.97. The highest BCUT2D eigenvalue weighted by molar-refractivity contribution is 9.10. The fourth-order valence-electron chi connectivity index (χ4n) is 5.41. The normalized spacial score (nSPS) is 36.1. The second-order valence-corrected chi connectivity index (χ2v) is 8.25. The van der Waals surface area contributed by atoms with E-state index in [1.165, 1.54) is 32.1 Å². The van der Waals surface area contributed by atoms with Gasteiger partial charge in [0.1, 0.15) is 12.1 Å². The monoisotopic (exact) mass is 361 g/mol. The Labute approximate surface area is 138 Å². The molecule has 0 aromatic carbocycles. The lowest BCUT2D eigenvalue weighted by Crippen LogP contribution is -2.15. The Morgan fingerprint density at radius 1 is 1.18 bits per heavy atom. The van der Waals surface area contributed by atoms with Crippen LogP contribution in [0.4, 0.5) is 0 Å². The van der Waals surface area contributed by atoms with Gasteiger partial charge in [0.15, 0.2) is 5.65 Å². The minimum absolute atomic E-state index is 0.736. The quantitative estimate of drug-likeness (QED) is 0.830. The molecule has 0 N–H and O–H groups in total. The fraction of sp³-hybridized carbons (Fsp3) is 0.647. The van der Waals surface area contributed by atoms with Crippen LogP contribution in [0, 0.1) is 29.6 Å². The topological polar surface area (TPSA) is 39.4 Å². The number of hydrogen-bond donors (Lipinski definition) is 0. The van der Waals surface area contributed by atoms with Crippen molar-refractivity contribution in [1.29, 1.82) is 0 Å². The zero-order valence-electron chi connectivity index (χ0n) is 12.5. The van der Waals surface area contributed by atoms with Crippen molar-refractivity contribution in [3.63, 3.8) is 0 Å². The van der Waals surface area contributed by atoms with Gasteiger partial charge in [-0.1, -0.05) is 0 Å². The van der Waals surface area contributed by atoms with E-state index in [-0.39, 0.29) is 0 Å². The molecule has 0 radical (unpaired) electrons. The van der Waals surface area contributed by atoms with Crippen LogP contribution in [0.25, 0.3) is 5.65 Å². The summed E-state index contributed by atoms with van der Waals surface area (Å²) in [5.41, 5.74) is 0.833. The Morgan fingerprint density at radius 2 is 1.95 bits per heavy atom. The van der Waals surface area contributed by atoms with Crippen LogP contribution >= 0.6 is 15.9 Å². The van der Waals surface area contributed by atoms with Crippen LogP contribution in [-0.2, 0) is 0 Å². The molecule has 3 aliphatic rings. The molecule has 0 amide bonds. The zero-order chi connectivity index (χ0) is 14.7. The summed E-state index contributed by atoms with van der Waals surface area (Å²) in [6.45, 7) is 0.843. The molecule has 5 rings (SSSR count). The molecule has 116 valence electrons. The highest BCUT2D eigenvalue weighted by atomic mass is 79.9. The average molecular weight is 362 g/mol. The summed E-state index contributed by atoms with van der Waals surface area (Å²) in [7, 11) is 0. The summed E-state index contributed by atoms with van der Waals surface area (Å²) in [5, 5.41) is 8.01. The van der Waals surface area contributed by atoms with Crippen molar-refractivity contribution in [3.05, 3.63) is 23.1 Å². The van der Waals surface area contributed by atoms with Gasteiger partial charge in [-0.05, 0) is 77.6 Å². The highest BCUT2D eigenvalue weighted by Gasteiger charge is 2.51. The Balaban J connectivity index is 1.28. The lowest BCUT2D eigenvalue weighted by Gasteiger charge is -2.23. The minimum Gasteiger partial charge on any atom is -0.492 e. The van der Waals surface area contributed by atoms with Gasteiger partial charge >= 0.3 is 0 Å². The summed E-state index contributed by atoms with van der Waals surface area (Å²) >= 11 is 3.59. The summed E-state index contributed by atoms with van der Waals surface area (Å²) in [6.07, 6.45) is 11.0. The molecule has 5 heteroatoms. The fourth-order valence-corrected chi connectivity index (χ4v) is 5.86. The second kappa shape index (κ2) is 4.95. The van der Waals surface area contributed by atoms with Gasteiger partial charge in [-0.15, -0.1) is 10.2 Å². The SMILES string of the molecule is Brc1cn2cnnc2cc1OC[C@@H]1C[C@@H]2[C@H]3CC[C@H](C3)[C@@H]2C1. The highest BCUT2D eigenvalue weighted by Crippen LogP contribution is 2.60. The number of rotatable bonds is 3. The first-order chi connectivity index (χ1) is 10.8. The molecular weight excluding hydrogens is 342 g/mol. The molecule has 0 aliphatic heterocycles. The first-order valence-electron chi connectivity index (χ1n) is 8.39. The Hall–Kier alpha value is -1.10. The van der Waals surface area contributed by atoms with Gasteiger partial charge in [0.2, 0.25) is 0 Å². The van der Waals surface area contributed by atoms with Crippen LogP contribution in [0.5, 0.6) is 5.75 Å². The zero-order valence-corrected chi connectivity index (χ0v) is 14.1. The number of halogens is 1. The van der Waals surface area contributed by atoms with Crippen LogP contribution in [0.3, 0.4) is 0 Å². The summed E-state index contributed by atoms with van der Waals surface area (Å²) in [4.78, 5) is 0. The van der Waals surface area contributed by atoms with Crippen LogP contribution in [0.15, 0.2) is 23.1 Å². The average Bonchev–Trinajstić information content (AvgIpc) is 3.25. The van der Waals surface area contributed by atoms with Crippen LogP contribution in [0.2, 0.25) is 0 Å². The molecule has 2 aromatic rings. The predicted molar refractivity (Wildman–Crippen MR) is 86.7 cm³/mol. The molecule has 2 heterocycles. The lowest BCUT2D eigenvalue weighted by atomic mass is 9.82. The van der Waals surface area contributed by atoms with Crippen LogP contribution in [-0.4, -0.2) is 21.2 Å². The minimum atomic E-state index is 0.736. The number of aromatic nitrogens is 3. The van der Waals surface area contributed by atoms with Gasteiger partial charge in [0.25, 0.3) is 0 Å². The van der Waals surface area contributed by atoms with E-state index in [9.17, 15) is 0 Å². The number of nitrogens with zero attached hydrogens (tertiary/aromatic N) is 3. The van der Waals surface area contributed by atoms with Gasteiger partial charge in [-0.25, -0.2) is 0 Å². The molecule has 3 aliphatic carbocycles. The third-order valence-corrected chi connectivity index (χ3v) is 6.90. The maximum absolute atomic E-state index is 6.13. The van der Waals surface area contributed by atoms with E-state index in [2.05, 4.69) is 26.1 Å². The van der Waals surface area contributed by atoms with E-state index in [0.29, 0.717) is 0 Å². The van der Waals surface area contributed by atoms with E-state index in [1.807, 2.05) is 16.7 Å². The van der Waals surface area contributed by atoms with Crippen molar-refractivity contribution in [1.82, 2.24) is 14.6 Å². The number of fused-ring (bicyclic) bond motifs is 6. The second-order valence-electron chi connectivity index (χ2n) is 7.39. The molecule has 3 saturated carbocycles. The van der Waals surface area contributed by atoms with Gasteiger partial charge in [-0.2, -0.15) is 0 Å². The van der Waals surface area contributed by atoms with Gasteiger partial charge < -0.3 is 4.74 Å². The Morgan fingerprint density at radius 3 is 2.73 bits per heavy atom. The molecule has 4 nitrogen and oxygen atoms in total. The predicted octanol–water partition coefficient (Wildman–Crippen LogP) is 3.94. The largest absolute Gasteiger partial charge is 0.492 e. The first-order valence-corrected chi connectivity index (χ1v) is 9.19. The summed E-state index contributed by atoms with van der Waals surface area (Å²) in [5.74, 6) is 5.72. The maximum Gasteiger partial charge on any atom is 0.164 e. The molecule has 5 atom stereocenters. The lowest BCUT2D eigenvalue weighted by molar-refractivity contribution is 0.238. The summed E-state index contributed by atoms with van der Waals surface area (Å²) < 4.78 is 8.99. The van der Waals surface area contributed by atoms with Crippen molar-refractivity contribution < 1.29 is 4.74 Å². The molecule has 2 aromatic heterocycles. The van der Waals surface area contributed by atoms with Crippen molar-refractivity contribution >= 4 is 21.6 Å². The van der Waals surface area contributed by atoms with Crippen molar-refractivity contribution in [2.45, 2.75) is 32.1 Å². The molecule has 0 spiro atoms. The van der Waals surface area contributed by atoms with Crippen LogP contribution in [0.1, 0.15) is 32.1 Å². The van der Waals surface area contributed by atoms with E-state index >= 15 is 0 Å². The van der Waals surface area contributed by atoms with E-state index < -0.39 is 0 Å². The molecule has 0 saturated heterocycles. The number of ether oxygens (including phenoxy) is 1. The van der Waals surface area contributed by atoms with Gasteiger partial charge in [0.05, 0.1) is 11.1 Å². The maximum atomic E-state index is 6.13. The molecule has 3 fully saturated rings. The third kappa shape index (κ3) is 2.01. The van der Waals surface area contributed by atoms with Gasteiger partial charge in [0, 0.05) is 12.3 Å². The van der Waals surface area contributed by atoms with Crippen molar-refractivity contribution in [2.75, 3.05) is 6.61 Å². The standard InChI is InChI=1S/C17H20BrN3O/c18-15-7-21-9-19-20-17(21)6-16(15)22-8-10-3-13-11-1-2-12(5-11)14(13)4-10/h6-7,9-14H,1-5,8H2/t10-,11+,12-,13-,14+. The molecule has 22 heavy (non-hydrogen) atoms. The van der Waals surface area contributed by atoms with E-state index in [4.69, 9.17) is 4.74 Å². The van der Waals surface area contributed by atoms with Crippen molar-refractivity contribution in [3.8, 4) is 5.75 Å². The number of hydrogen-bond acceptors (Lipinski definition) is 3. The first kappa shape index (κ1) is 13.3. The molecule has 0 unspecified atom stereocenters. The van der Waals surface area contributed by atoms with E-state index in [1.54, 1.807) is 6.33 Å². The smallest absolute Gasteiger partial charge is 0.164 e. The Bertz CT molecular complexity index is 697. The van der Waals surface area contributed by atoms with E-state index in [0.717, 1.165) is 52.1 Å². The number of pyridine rings is 1. The van der Waals surface area contributed by atoms with Crippen molar-refractivity contribution in [2.24, 2.45) is 29.6 Å². The molecular formula is C17H20BrN3O. The third-order valence-electron chi connectivity index (χ3n) is 6.31. The molecule has 2 bridgehead atoms. The van der Waals surface area contributed by atoms with Crippen LogP contribution < -0.4 is 4.74 Å².